The average molecular weight is 277 g/mol. The summed E-state index contributed by atoms with van der Waals surface area (Å²) in [4.78, 5) is 11.1. The summed E-state index contributed by atoms with van der Waals surface area (Å²) >= 11 is 0. The summed E-state index contributed by atoms with van der Waals surface area (Å²) in [6.45, 7) is 4.90. The molecule has 4 nitrogen and oxygen atoms in total. The highest BCUT2D eigenvalue weighted by Crippen LogP contribution is 2.25. The monoisotopic (exact) mass is 277 g/mol. The van der Waals surface area contributed by atoms with Crippen LogP contribution in [0.5, 0.6) is 5.75 Å². The zero-order chi connectivity index (χ0) is 14.2. The molecule has 0 saturated heterocycles. The van der Waals surface area contributed by atoms with Gasteiger partial charge in [0.05, 0.1) is 13.2 Å². The largest absolute Gasteiger partial charge is 0.493 e. The van der Waals surface area contributed by atoms with Gasteiger partial charge in [-0.15, -0.1) is 0 Å². The van der Waals surface area contributed by atoms with Crippen LogP contribution in [-0.4, -0.2) is 32.3 Å². The highest BCUT2D eigenvalue weighted by Gasteiger charge is 2.11. The predicted octanol–water partition coefficient (Wildman–Crippen LogP) is 2.10. The zero-order valence-corrected chi connectivity index (χ0v) is 12.1. The van der Waals surface area contributed by atoms with E-state index >= 15 is 0 Å². The summed E-state index contributed by atoms with van der Waals surface area (Å²) in [5.74, 6) is 0.934. The van der Waals surface area contributed by atoms with Crippen LogP contribution in [0.25, 0.3) is 0 Å². The molecule has 0 radical (unpaired) electrons. The van der Waals surface area contributed by atoms with Crippen molar-refractivity contribution in [2.45, 2.75) is 32.6 Å². The molecule has 1 aromatic rings. The lowest BCUT2D eigenvalue weighted by Gasteiger charge is -2.06. The van der Waals surface area contributed by atoms with E-state index in [1.54, 1.807) is 0 Å². The Morgan fingerprint density at radius 2 is 2.30 bits per heavy atom. The van der Waals surface area contributed by atoms with Gasteiger partial charge < -0.3 is 14.8 Å². The van der Waals surface area contributed by atoms with Crippen LogP contribution in [-0.2, 0) is 22.4 Å². The Labute approximate surface area is 120 Å². The maximum atomic E-state index is 11.1. The van der Waals surface area contributed by atoms with Crippen LogP contribution < -0.4 is 10.1 Å². The van der Waals surface area contributed by atoms with Gasteiger partial charge in [0.25, 0.3) is 0 Å². The number of carbonyl (C=O) groups excluding carboxylic acids is 1. The summed E-state index contributed by atoms with van der Waals surface area (Å²) in [7, 11) is 0. The Balaban J connectivity index is 1.58. The van der Waals surface area contributed by atoms with E-state index in [0.717, 1.165) is 44.7 Å². The van der Waals surface area contributed by atoms with Crippen molar-refractivity contribution in [3.63, 3.8) is 0 Å². The van der Waals surface area contributed by atoms with Crippen LogP contribution in [0.2, 0.25) is 0 Å². The summed E-state index contributed by atoms with van der Waals surface area (Å²) in [6.07, 6.45) is 3.36. The standard InChI is InChI=1S/C16H23NO3/c1-2-19-16(18)4-3-9-17-10-7-13-5-6-15-14(12-13)8-11-20-15/h5-6,12,17H,2-4,7-11H2,1H3. The van der Waals surface area contributed by atoms with Gasteiger partial charge in [-0.2, -0.15) is 0 Å². The van der Waals surface area contributed by atoms with Gasteiger partial charge >= 0.3 is 5.97 Å². The maximum Gasteiger partial charge on any atom is 0.305 e. The highest BCUT2D eigenvalue weighted by molar-refractivity contribution is 5.69. The second-order valence-electron chi connectivity index (χ2n) is 4.95. The van der Waals surface area contributed by atoms with E-state index in [0.29, 0.717) is 13.0 Å². The Bertz CT molecular complexity index is 445. The summed E-state index contributed by atoms with van der Waals surface area (Å²) in [5.41, 5.74) is 2.66. The average Bonchev–Trinajstić information content (AvgIpc) is 2.90. The van der Waals surface area contributed by atoms with E-state index in [9.17, 15) is 4.79 Å². The lowest BCUT2D eigenvalue weighted by atomic mass is 10.1. The third-order valence-electron chi connectivity index (χ3n) is 3.38. The molecule has 1 aliphatic rings. The summed E-state index contributed by atoms with van der Waals surface area (Å²) < 4.78 is 10.4. The van der Waals surface area contributed by atoms with E-state index < -0.39 is 0 Å². The predicted molar refractivity (Wildman–Crippen MR) is 78.1 cm³/mol. The number of hydrogen-bond donors (Lipinski definition) is 1. The van der Waals surface area contributed by atoms with Crippen molar-refractivity contribution in [2.75, 3.05) is 26.3 Å². The lowest BCUT2D eigenvalue weighted by molar-refractivity contribution is -0.143. The SMILES string of the molecule is CCOC(=O)CCCNCCc1ccc2c(c1)CCO2. The first-order valence-corrected chi connectivity index (χ1v) is 7.40. The number of fused-ring (bicyclic) bond motifs is 1. The van der Waals surface area contributed by atoms with Crippen molar-refractivity contribution in [3.05, 3.63) is 29.3 Å². The molecule has 4 heteroatoms. The van der Waals surface area contributed by atoms with Crippen LogP contribution in [0.1, 0.15) is 30.9 Å². The fourth-order valence-corrected chi connectivity index (χ4v) is 2.34. The highest BCUT2D eigenvalue weighted by atomic mass is 16.5. The van der Waals surface area contributed by atoms with Gasteiger partial charge in [0.15, 0.2) is 0 Å². The molecular formula is C16H23NO3. The molecule has 20 heavy (non-hydrogen) atoms. The first-order chi connectivity index (χ1) is 9.79. The normalized spacial score (nSPS) is 12.8. The van der Waals surface area contributed by atoms with Gasteiger partial charge in [-0.25, -0.2) is 0 Å². The van der Waals surface area contributed by atoms with Crippen LogP contribution in [0, 0.1) is 0 Å². The molecule has 0 aliphatic carbocycles. The fraction of sp³-hybridized carbons (Fsp3) is 0.562. The van der Waals surface area contributed by atoms with E-state index in [1.807, 2.05) is 6.92 Å². The molecule has 0 fully saturated rings. The molecule has 0 saturated carbocycles. The smallest absolute Gasteiger partial charge is 0.305 e. The van der Waals surface area contributed by atoms with Crippen LogP contribution in [0.15, 0.2) is 18.2 Å². The third kappa shape index (κ3) is 4.53. The molecule has 1 aliphatic heterocycles. The molecule has 0 aromatic heterocycles. The van der Waals surface area contributed by atoms with Crippen LogP contribution in [0.4, 0.5) is 0 Å². The fourth-order valence-electron chi connectivity index (χ4n) is 2.34. The summed E-state index contributed by atoms with van der Waals surface area (Å²) in [6, 6.07) is 6.44. The minimum Gasteiger partial charge on any atom is -0.493 e. The molecule has 2 rings (SSSR count). The van der Waals surface area contributed by atoms with Crippen molar-refractivity contribution < 1.29 is 14.3 Å². The zero-order valence-electron chi connectivity index (χ0n) is 12.1. The van der Waals surface area contributed by atoms with Gasteiger partial charge in [0.1, 0.15) is 5.75 Å². The number of ether oxygens (including phenoxy) is 2. The van der Waals surface area contributed by atoms with Gasteiger partial charge in [-0.05, 0) is 50.0 Å². The summed E-state index contributed by atoms with van der Waals surface area (Å²) in [5, 5.41) is 3.36. The van der Waals surface area contributed by atoms with E-state index in [1.165, 1.54) is 11.1 Å². The second kappa shape index (κ2) is 7.90. The van der Waals surface area contributed by atoms with Gasteiger partial charge in [-0.1, -0.05) is 12.1 Å². The number of benzene rings is 1. The van der Waals surface area contributed by atoms with Crippen LogP contribution in [0.3, 0.4) is 0 Å². The third-order valence-corrected chi connectivity index (χ3v) is 3.38. The van der Waals surface area contributed by atoms with Crippen molar-refractivity contribution in [3.8, 4) is 5.75 Å². The molecule has 1 heterocycles. The van der Waals surface area contributed by atoms with E-state index in [2.05, 4.69) is 23.5 Å². The van der Waals surface area contributed by atoms with E-state index in [4.69, 9.17) is 9.47 Å². The quantitative estimate of drug-likeness (QED) is 0.584. The Morgan fingerprint density at radius 3 is 3.15 bits per heavy atom. The minimum atomic E-state index is -0.104. The topological polar surface area (TPSA) is 47.6 Å². The lowest BCUT2D eigenvalue weighted by Crippen LogP contribution is -2.19. The number of nitrogens with one attached hydrogen (secondary N) is 1. The molecule has 1 N–H and O–H groups in total. The molecule has 0 amide bonds. The molecule has 110 valence electrons. The molecule has 0 spiro atoms. The molecule has 1 aromatic carbocycles. The maximum absolute atomic E-state index is 11.1. The number of hydrogen-bond acceptors (Lipinski definition) is 4. The van der Waals surface area contributed by atoms with Gasteiger partial charge in [0, 0.05) is 12.8 Å². The second-order valence-corrected chi connectivity index (χ2v) is 4.95. The number of esters is 1. The van der Waals surface area contributed by atoms with Crippen molar-refractivity contribution in [1.29, 1.82) is 0 Å². The van der Waals surface area contributed by atoms with Crippen molar-refractivity contribution in [2.24, 2.45) is 0 Å². The Kier molecular flexibility index (Phi) is 5.87. The van der Waals surface area contributed by atoms with Crippen molar-refractivity contribution >= 4 is 5.97 Å². The number of rotatable bonds is 8. The van der Waals surface area contributed by atoms with Crippen molar-refractivity contribution in [1.82, 2.24) is 5.32 Å². The molecule has 0 atom stereocenters. The number of carbonyl (C=O) groups is 1. The Morgan fingerprint density at radius 1 is 1.40 bits per heavy atom. The first kappa shape index (κ1) is 14.9. The van der Waals surface area contributed by atoms with Gasteiger partial charge in [-0.3, -0.25) is 4.79 Å². The minimum absolute atomic E-state index is 0.104. The van der Waals surface area contributed by atoms with Crippen LogP contribution >= 0.6 is 0 Å². The first-order valence-electron chi connectivity index (χ1n) is 7.40. The molecule has 0 bridgehead atoms. The molecular weight excluding hydrogens is 254 g/mol. The molecule has 0 unspecified atom stereocenters. The van der Waals surface area contributed by atoms with E-state index in [-0.39, 0.29) is 5.97 Å². The Hall–Kier alpha value is -1.55. The van der Waals surface area contributed by atoms with Gasteiger partial charge in [0.2, 0.25) is 0 Å².